The van der Waals surface area contributed by atoms with Crippen LogP contribution in [0.2, 0.25) is 0 Å². The largest absolute Gasteiger partial charge is 0.507 e. The van der Waals surface area contributed by atoms with Gasteiger partial charge in [0, 0.05) is 28.2 Å². The number of aryl methyl sites for hydroxylation is 2. The first-order chi connectivity index (χ1) is 11.1. The molecule has 1 aliphatic rings. The topological polar surface area (TPSA) is 70.7 Å². The lowest BCUT2D eigenvalue weighted by molar-refractivity contribution is 0.281. The Morgan fingerprint density at radius 1 is 1.22 bits per heavy atom. The van der Waals surface area contributed by atoms with E-state index in [-0.39, 0.29) is 12.4 Å². The van der Waals surface area contributed by atoms with Gasteiger partial charge in [-0.05, 0) is 37.8 Å². The highest BCUT2D eigenvalue weighted by atomic mass is 32.1. The van der Waals surface area contributed by atoms with Crippen LogP contribution in [-0.2, 0) is 25.9 Å². The number of aromatic hydroxyl groups is 1. The summed E-state index contributed by atoms with van der Waals surface area (Å²) >= 11 is 1.54. The Bertz CT molecular complexity index is 757. The molecule has 5 heteroatoms. The van der Waals surface area contributed by atoms with Crippen LogP contribution in [0.5, 0.6) is 5.75 Å². The van der Waals surface area contributed by atoms with Gasteiger partial charge in [0.25, 0.3) is 0 Å². The molecule has 0 aliphatic heterocycles. The summed E-state index contributed by atoms with van der Waals surface area (Å²) in [6, 6.07) is 1.90. The van der Waals surface area contributed by atoms with Crippen LogP contribution in [0.25, 0.3) is 0 Å². The third-order valence-corrected chi connectivity index (χ3v) is 5.64. The van der Waals surface area contributed by atoms with Crippen molar-refractivity contribution in [2.45, 2.75) is 58.5 Å². The summed E-state index contributed by atoms with van der Waals surface area (Å²) in [6.07, 6.45) is 6.15. The average molecular weight is 334 g/mol. The lowest BCUT2D eigenvalue weighted by Gasteiger charge is -2.15. The minimum atomic E-state index is -0.432. The molecule has 2 N–H and O–H groups in total. The van der Waals surface area contributed by atoms with Gasteiger partial charge in [0.05, 0.1) is 12.2 Å². The van der Waals surface area contributed by atoms with E-state index >= 15 is 0 Å². The van der Waals surface area contributed by atoms with Gasteiger partial charge in [-0.2, -0.15) is 0 Å². The van der Waals surface area contributed by atoms with Crippen LogP contribution in [0.15, 0.2) is 15.3 Å². The van der Waals surface area contributed by atoms with Crippen LogP contribution in [0, 0.1) is 6.92 Å². The van der Waals surface area contributed by atoms with Crippen LogP contribution in [0.3, 0.4) is 0 Å². The molecule has 2 aromatic heterocycles. The summed E-state index contributed by atoms with van der Waals surface area (Å²) < 4.78 is 5.52. The van der Waals surface area contributed by atoms with E-state index in [1.807, 2.05) is 13.0 Å². The predicted octanol–water partition coefficient (Wildman–Crippen LogP) is 3.46. The summed E-state index contributed by atoms with van der Waals surface area (Å²) in [5.74, 6) is 0.782. The molecule has 0 unspecified atom stereocenters. The van der Waals surface area contributed by atoms with E-state index in [1.54, 1.807) is 11.3 Å². The molecule has 0 radical (unpaired) electrons. The third-order valence-electron chi connectivity index (χ3n) is 4.54. The fourth-order valence-electron chi connectivity index (χ4n) is 3.21. The Kier molecular flexibility index (Phi) is 4.87. The summed E-state index contributed by atoms with van der Waals surface area (Å²) in [7, 11) is 0. The zero-order valence-electron chi connectivity index (χ0n) is 13.4. The van der Waals surface area contributed by atoms with E-state index < -0.39 is 5.63 Å². The van der Waals surface area contributed by atoms with Crippen LogP contribution in [0.4, 0.5) is 0 Å². The molecule has 2 aromatic rings. The smallest absolute Gasteiger partial charge is 0.343 e. The highest BCUT2D eigenvalue weighted by Gasteiger charge is 2.21. The molecule has 124 valence electrons. The highest BCUT2D eigenvalue weighted by molar-refractivity contribution is 7.12. The number of fused-ring (bicyclic) bond motifs is 1. The highest BCUT2D eigenvalue weighted by Crippen LogP contribution is 2.31. The van der Waals surface area contributed by atoms with Crippen molar-refractivity contribution in [2.75, 3.05) is 0 Å². The molecule has 0 saturated carbocycles. The van der Waals surface area contributed by atoms with Gasteiger partial charge in [-0.25, -0.2) is 4.79 Å². The van der Waals surface area contributed by atoms with Crippen molar-refractivity contribution in [1.29, 1.82) is 0 Å². The quantitative estimate of drug-likeness (QED) is 0.902. The minimum absolute atomic E-state index is 0.00683. The zero-order valence-corrected chi connectivity index (χ0v) is 14.2. The molecule has 1 aliphatic carbocycles. The minimum Gasteiger partial charge on any atom is -0.507 e. The Labute approximate surface area is 139 Å². The molecule has 0 saturated heterocycles. The molecule has 4 nitrogen and oxygen atoms in total. The fourth-order valence-corrected chi connectivity index (χ4v) is 4.27. The van der Waals surface area contributed by atoms with Crippen molar-refractivity contribution in [2.24, 2.45) is 0 Å². The maximum atomic E-state index is 12.3. The van der Waals surface area contributed by atoms with Crippen molar-refractivity contribution in [3.05, 3.63) is 48.7 Å². The Hall–Kier alpha value is -1.59. The Balaban J connectivity index is 1.98. The van der Waals surface area contributed by atoms with E-state index in [0.29, 0.717) is 17.7 Å². The van der Waals surface area contributed by atoms with E-state index in [9.17, 15) is 15.0 Å². The molecule has 0 fully saturated rings. The van der Waals surface area contributed by atoms with E-state index in [1.165, 1.54) is 0 Å². The second-order valence-electron chi connectivity index (χ2n) is 6.16. The van der Waals surface area contributed by atoms with Gasteiger partial charge in [0.15, 0.2) is 0 Å². The van der Waals surface area contributed by atoms with Gasteiger partial charge < -0.3 is 14.6 Å². The van der Waals surface area contributed by atoms with Crippen molar-refractivity contribution < 1.29 is 14.6 Å². The van der Waals surface area contributed by atoms with Crippen LogP contribution < -0.4 is 5.63 Å². The molecule has 0 bridgehead atoms. The normalized spacial score (nSPS) is 15.0. The van der Waals surface area contributed by atoms with E-state index in [4.69, 9.17) is 4.42 Å². The Morgan fingerprint density at radius 3 is 2.65 bits per heavy atom. The summed E-state index contributed by atoms with van der Waals surface area (Å²) in [5.41, 5.74) is 1.60. The summed E-state index contributed by atoms with van der Waals surface area (Å²) in [5, 5.41) is 19.9. The number of hydrogen-bond donors (Lipinski definition) is 2. The second-order valence-corrected chi connectivity index (χ2v) is 7.50. The average Bonchev–Trinajstić information content (AvgIpc) is 2.85. The maximum Gasteiger partial charge on any atom is 0.343 e. The van der Waals surface area contributed by atoms with Gasteiger partial charge in [-0.15, -0.1) is 11.3 Å². The predicted molar refractivity (Wildman–Crippen MR) is 90.3 cm³/mol. The third kappa shape index (κ3) is 3.35. The lowest BCUT2D eigenvalue weighted by Crippen LogP contribution is -2.13. The molecule has 0 spiro atoms. The van der Waals surface area contributed by atoms with Crippen molar-refractivity contribution in [1.82, 2.24) is 0 Å². The van der Waals surface area contributed by atoms with Gasteiger partial charge in [0.1, 0.15) is 11.5 Å². The van der Waals surface area contributed by atoms with E-state index in [0.717, 1.165) is 59.4 Å². The molecular weight excluding hydrogens is 312 g/mol. The van der Waals surface area contributed by atoms with Crippen molar-refractivity contribution in [3.63, 3.8) is 0 Å². The molecule has 23 heavy (non-hydrogen) atoms. The molecule has 2 heterocycles. The fraction of sp³-hybridized carbons (Fsp3) is 0.500. The molecule has 3 rings (SSSR count). The van der Waals surface area contributed by atoms with Crippen molar-refractivity contribution in [3.8, 4) is 5.75 Å². The second kappa shape index (κ2) is 6.89. The number of aliphatic hydroxyl groups is 1. The van der Waals surface area contributed by atoms with Gasteiger partial charge in [0.2, 0.25) is 0 Å². The van der Waals surface area contributed by atoms with Crippen LogP contribution in [0.1, 0.15) is 57.9 Å². The molecular formula is C18H22O4S. The monoisotopic (exact) mass is 334 g/mol. The maximum absolute atomic E-state index is 12.3. The van der Waals surface area contributed by atoms with Crippen LogP contribution >= 0.6 is 11.3 Å². The summed E-state index contributed by atoms with van der Waals surface area (Å²) in [6.45, 7) is 1.94. The van der Waals surface area contributed by atoms with Crippen LogP contribution in [-0.4, -0.2) is 10.2 Å². The number of aliphatic hydroxyl groups excluding tert-OH is 1. The first-order valence-electron chi connectivity index (χ1n) is 8.16. The van der Waals surface area contributed by atoms with E-state index in [2.05, 4.69) is 0 Å². The summed E-state index contributed by atoms with van der Waals surface area (Å²) in [4.78, 5) is 14.3. The number of rotatable bonds is 3. The van der Waals surface area contributed by atoms with Crippen molar-refractivity contribution >= 4 is 11.3 Å². The first kappa shape index (κ1) is 16.3. The standard InChI is InChI=1S/C18H22O4S/c1-11-12(10-19)8-13(23-11)9-15-17(20)14-6-4-2-3-5-7-16(14)22-18(15)21/h8,19-20H,2-7,9-10H2,1H3. The van der Waals surface area contributed by atoms with Gasteiger partial charge >= 0.3 is 5.63 Å². The zero-order chi connectivity index (χ0) is 16.4. The van der Waals surface area contributed by atoms with Gasteiger partial charge in [-0.1, -0.05) is 12.8 Å². The molecule has 0 amide bonds. The SMILES string of the molecule is Cc1sc(Cc2c(O)c3c(oc2=O)CCCCCC3)cc1CO. The first-order valence-corrected chi connectivity index (χ1v) is 8.97. The molecule has 0 atom stereocenters. The number of thiophene rings is 1. The molecule has 0 aromatic carbocycles. The number of hydrogen-bond acceptors (Lipinski definition) is 5. The van der Waals surface area contributed by atoms with Gasteiger partial charge in [-0.3, -0.25) is 0 Å². The lowest BCUT2D eigenvalue weighted by atomic mass is 9.95. The Morgan fingerprint density at radius 2 is 1.96 bits per heavy atom.